The van der Waals surface area contributed by atoms with Crippen LogP contribution in [-0.2, 0) is 16.2 Å². The summed E-state index contributed by atoms with van der Waals surface area (Å²) in [6.07, 6.45) is 0.524. The third-order valence-electron chi connectivity index (χ3n) is 5.60. The zero-order valence-corrected chi connectivity index (χ0v) is 18.7. The van der Waals surface area contributed by atoms with Crippen LogP contribution in [0.3, 0.4) is 0 Å². The van der Waals surface area contributed by atoms with Gasteiger partial charge >= 0.3 is 6.18 Å². The zero-order chi connectivity index (χ0) is 22.4. The Hall–Kier alpha value is -1.56. The van der Waals surface area contributed by atoms with E-state index in [4.69, 9.17) is 0 Å². The third-order valence-corrected chi connectivity index (χ3v) is 7.52. The van der Waals surface area contributed by atoms with Crippen LogP contribution in [0.2, 0.25) is 0 Å². The Balaban J connectivity index is 1.91. The summed E-state index contributed by atoms with van der Waals surface area (Å²) in [5.41, 5.74) is -0.857. The van der Waals surface area contributed by atoms with Gasteiger partial charge in [-0.05, 0) is 70.0 Å². The highest BCUT2D eigenvalue weighted by Gasteiger charge is 2.33. The Morgan fingerprint density at radius 2 is 1.63 bits per heavy atom. The van der Waals surface area contributed by atoms with Crippen molar-refractivity contribution in [2.75, 3.05) is 27.2 Å². The van der Waals surface area contributed by atoms with Crippen LogP contribution < -0.4 is 0 Å². The predicted octanol–water partition coefficient (Wildman–Crippen LogP) is 4.62. The molecule has 0 saturated heterocycles. The van der Waals surface area contributed by atoms with Crippen molar-refractivity contribution >= 4 is 10.0 Å². The SMILES string of the molecule is CCCN(C)CCC#CC1CCC(N(C)S(=O)(=O)c2ccc(C(F)(F)F)cc2)CC1. The van der Waals surface area contributed by atoms with Gasteiger partial charge in [-0.25, -0.2) is 8.42 Å². The van der Waals surface area contributed by atoms with E-state index in [0.717, 1.165) is 63.0 Å². The quantitative estimate of drug-likeness (QED) is 0.576. The van der Waals surface area contributed by atoms with Gasteiger partial charge in [0.05, 0.1) is 10.5 Å². The highest BCUT2D eigenvalue weighted by atomic mass is 32.2. The summed E-state index contributed by atoms with van der Waals surface area (Å²) < 4.78 is 65.1. The van der Waals surface area contributed by atoms with E-state index in [2.05, 4.69) is 30.7 Å². The van der Waals surface area contributed by atoms with E-state index in [1.165, 1.54) is 11.4 Å². The van der Waals surface area contributed by atoms with Crippen LogP contribution in [0.1, 0.15) is 51.0 Å². The standard InChI is InChI=1S/C22H31F3N2O2S/c1-4-16-26(2)17-6-5-7-18-8-12-20(13-9-18)27(3)30(28,29)21-14-10-19(11-15-21)22(23,24)25/h10-11,14-15,18,20H,4,6,8-9,12-13,16-17H2,1-3H3. The molecule has 0 amide bonds. The number of hydrogen-bond acceptors (Lipinski definition) is 3. The van der Waals surface area contributed by atoms with Gasteiger partial charge in [-0.1, -0.05) is 12.8 Å². The Bertz CT molecular complexity index is 834. The summed E-state index contributed by atoms with van der Waals surface area (Å²) in [5, 5.41) is 0. The second kappa shape index (κ2) is 10.7. The van der Waals surface area contributed by atoms with Crippen molar-refractivity contribution in [3.05, 3.63) is 29.8 Å². The summed E-state index contributed by atoms with van der Waals surface area (Å²) in [6.45, 7) is 4.16. The maximum absolute atomic E-state index is 12.8. The van der Waals surface area contributed by atoms with Crippen LogP contribution in [0.15, 0.2) is 29.2 Å². The number of rotatable bonds is 7. The second-order valence-corrected chi connectivity index (χ2v) is 9.92. The Morgan fingerprint density at radius 1 is 1.03 bits per heavy atom. The maximum Gasteiger partial charge on any atom is 0.416 e. The van der Waals surface area contributed by atoms with Crippen molar-refractivity contribution in [3.8, 4) is 11.8 Å². The minimum Gasteiger partial charge on any atom is -0.305 e. The van der Waals surface area contributed by atoms with Gasteiger partial charge in [-0.2, -0.15) is 17.5 Å². The van der Waals surface area contributed by atoms with E-state index in [0.29, 0.717) is 12.8 Å². The lowest BCUT2D eigenvalue weighted by Crippen LogP contribution is -2.39. The van der Waals surface area contributed by atoms with Gasteiger partial charge in [-0.3, -0.25) is 0 Å². The van der Waals surface area contributed by atoms with Crippen molar-refractivity contribution < 1.29 is 21.6 Å². The predicted molar refractivity (Wildman–Crippen MR) is 112 cm³/mol. The summed E-state index contributed by atoms with van der Waals surface area (Å²) in [7, 11) is -0.236. The van der Waals surface area contributed by atoms with Gasteiger partial charge in [0.2, 0.25) is 10.0 Å². The molecule has 1 aliphatic rings. The Kier molecular flexibility index (Phi) is 8.77. The van der Waals surface area contributed by atoms with Gasteiger partial charge in [0.15, 0.2) is 0 Å². The summed E-state index contributed by atoms with van der Waals surface area (Å²) in [5.74, 6) is 6.84. The number of nitrogens with zero attached hydrogens (tertiary/aromatic N) is 2. The molecule has 0 N–H and O–H groups in total. The first-order valence-electron chi connectivity index (χ1n) is 10.4. The van der Waals surface area contributed by atoms with Gasteiger partial charge in [-0.15, -0.1) is 5.92 Å². The molecule has 2 rings (SSSR count). The number of halogens is 3. The number of hydrogen-bond donors (Lipinski definition) is 0. The molecule has 1 aliphatic carbocycles. The molecule has 1 aromatic carbocycles. The molecule has 1 fully saturated rings. The second-order valence-electron chi connectivity index (χ2n) is 7.92. The number of alkyl halides is 3. The smallest absolute Gasteiger partial charge is 0.305 e. The highest BCUT2D eigenvalue weighted by molar-refractivity contribution is 7.89. The van der Waals surface area contributed by atoms with Crippen LogP contribution in [0, 0.1) is 17.8 Å². The molecular formula is C22H31F3N2O2S. The molecule has 0 unspecified atom stereocenters. The van der Waals surface area contributed by atoms with Gasteiger partial charge < -0.3 is 4.90 Å². The number of sulfonamides is 1. The lowest BCUT2D eigenvalue weighted by atomic mass is 9.86. The average Bonchev–Trinajstić information content (AvgIpc) is 2.71. The molecule has 4 nitrogen and oxygen atoms in total. The number of benzene rings is 1. The van der Waals surface area contributed by atoms with Gasteiger partial charge in [0, 0.05) is 32.0 Å². The fraction of sp³-hybridized carbons (Fsp3) is 0.636. The average molecular weight is 445 g/mol. The fourth-order valence-corrected chi connectivity index (χ4v) is 5.13. The van der Waals surface area contributed by atoms with E-state index in [-0.39, 0.29) is 16.9 Å². The zero-order valence-electron chi connectivity index (χ0n) is 17.9. The molecular weight excluding hydrogens is 413 g/mol. The third kappa shape index (κ3) is 6.73. The van der Waals surface area contributed by atoms with Crippen LogP contribution >= 0.6 is 0 Å². The first kappa shape index (κ1) is 24.7. The van der Waals surface area contributed by atoms with E-state index in [9.17, 15) is 21.6 Å². The molecule has 1 saturated carbocycles. The van der Waals surface area contributed by atoms with E-state index in [1.807, 2.05) is 0 Å². The lowest BCUT2D eigenvalue weighted by Gasteiger charge is -2.32. The fourth-order valence-electron chi connectivity index (χ4n) is 3.72. The molecule has 30 heavy (non-hydrogen) atoms. The van der Waals surface area contributed by atoms with Crippen LogP contribution in [0.4, 0.5) is 13.2 Å². The van der Waals surface area contributed by atoms with Crippen LogP contribution in [0.25, 0.3) is 0 Å². The van der Waals surface area contributed by atoms with Crippen LogP contribution in [-0.4, -0.2) is 50.8 Å². The molecule has 8 heteroatoms. The van der Waals surface area contributed by atoms with Crippen LogP contribution in [0.5, 0.6) is 0 Å². The van der Waals surface area contributed by atoms with E-state index >= 15 is 0 Å². The minimum absolute atomic E-state index is 0.115. The summed E-state index contributed by atoms with van der Waals surface area (Å²) in [4.78, 5) is 2.14. The lowest BCUT2D eigenvalue weighted by molar-refractivity contribution is -0.137. The minimum atomic E-state index is -4.49. The molecule has 0 aromatic heterocycles. The van der Waals surface area contributed by atoms with E-state index in [1.54, 1.807) is 0 Å². The highest BCUT2D eigenvalue weighted by Crippen LogP contribution is 2.32. The molecule has 0 atom stereocenters. The maximum atomic E-state index is 12.8. The molecule has 0 spiro atoms. The molecule has 0 aliphatic heterocycles. The first-order valence-corrected chi connectivity index (χ1v) is 11.8. The van der Waals surface area contributed by atoms with Gasteiger partial charge in [0.1, 0.15) is 0 Å². The van der Waals surface area contributed by atoms with E-state index < -0.39 is 21.8 Å². The van der Waals surface area contributed by atoms with Crippen molar-refractivity contribution in [1.82, 2.24) is 9.21 Å². The normalized spacial score (nSPS) is 20.3. The molecule has 168 valence electrons. The molecule has 0 bridgehead atoms. The molecule has 0 heterocycles. The van der Waals surface area contributed by atoms with Gasteiger partial charge in [0.25, 0.3) is 0 Å². The van der Waals surface area contributed by atoms with Crippen molar-refractivity contribution in [2.45, 2.75) is 62.6 Å². The Morgan fingerprint density at radius 3 is 2.17 bits per heavy atom. The largest absolute Gasteiger partial charge is 0.416 e. The topological polar surface area (TPSA) is 40.6 Å². The molecule has 1 aromatic rings. The first-order chi connectivity index (χ1) is 14.1. The summed E-state index contributed by atoms with van der Waals surface area (Å²) >= 11 is 0. The van der Waals surface area contributed by atoms with Crippen molar-refractivity contribution in [2.24, 2.45) is 5.92 Å². The Labute approximate surface area is 178 Å². The monoisotopic (exact) mass is 444 g/mol. The molecule has 0 radical (unpaired) electrons. The van der Waals surface area contributed by atoms with Crippen molar-refractivity contribution in [3.63, 3.8) is 0 Å². The summed E-state index contributed by atoms with van der Waals surface area (Å²) in [6, 6.07) is 3.52. The van der Waals surface area contributed by atoms with Crippen molar-refractivity contribution in [1.29, 1.82) is 0 Å².